The summed E-state index contributed by atoms with van der Waals surface area (Å²) < 4.78 is 5.39. The average Bonchev–Trinajstić information content (AvgIpc) is 2.54. The van der Waals surface area contributed by atoms with E-state index in [1.165, 1.54) is 0 Å². The first-order valence-electron chi connectivity index (χ1n) is 7.08. The van der Waals surface area contributed by atoms with Crippen molar-refractivity contribution in [3.05, 3.63) is 59.4 Å². The number of aliphatic hydroxyl groups is 1. The van der Waals surface area contributed by atoms with Crippen LogP contribution in [0.3, 0.4) is 0 Å². The number of ether oxygens (including phenoxy) is 1. The molecule has 1 N–H and O–H groups in total. The van der Waals surface area contributed by atoms with Crippen LogP contribution in [0.15, 0.2) is 42.6 Å². The number of hydrogen-bond donors (Lipinski definition) is 1. The number of rotatable bonds is 7. The standard InChI is InChI=1S/C17H22N2O2/c1-19(10-8-16-5-3-4-9-18-16)12-15-11-14(13-20)6-7-17(15)21-2/h3-7,9,11,20H,8,10,12-13H2,1-2H3. The third-order valence-corrected chi connectivity index (χ3v) is 3.44. The molecular weight excluding hydrogens is 264 g/mol. The molecule has 0 aliphatic carbocycles. The molecule has 0 bridgehead atoms. The van der Waals surface area contributed by atoms with E-state index in [1.54, 1.807) is 7.11 Å². The third-order valence-electron chi connectivity index (χ3n) is 3.44. The van der Waals surface area contributed by atoms with Gasteiger partial charge in [0.05, 0.1) is 13.7 Å². The van der Waals surface area contributed by atoms with Gasteiger partial charge in [-0.3, -0.25) is 4.98 Å². The zero-order valence-corrected chi connectivity index (χ0v) is 12.6. The Morgan fingerprint density at radius 1 is 1.24 bits per heavy atom. The van der Waals surface area contributed by atoms with Crippen LogP contribution in [0.25, 0.3) is 0 Å². The summed E-state index contributed by atoms with van der Waals surface area (Å²) in [5.41, 5.74) is 3.09. The summed E-state index contributed by atoms with van der Waals surface area (Å²) in [4.78, 5) is 6.56. The van der Waals surface area contributed by atoms with E-state index in [2.05, 4.69) is 16.9 Å². The van der Waals surface area contributed by atoms with E-state index < -0.39 is 0 Å². The minimum atomic E-state index is 0.0502. The molecule has 4 nitrogen and oxygen atoms in total. The van der Waals surface area contributed by atoms with Gasteiger partial charge in [0.15, 0.2) is 0 Å². The molecule has 1 aromatic heterocycles. The van der Waals surface area contributed by atoms with Crippen molar-refractivity contribution in [1.29, 1.82) is 0 Å². The first-order valence-corrected chi connectivity index (χ1v) is 7.08. The Morgan fingerprint density at radius 2 is 2.10 bits per heavy atom. The lowest BCUT2D eigenvalue weighted by molar-refractivity contribution is 0.280. The zero-order chi connectivity index (χ0) is 15.1. The topological polar surface area (TPSA) is 45.6 Å². The molecule has 0 saturated heterocycles. The Labute approximate surface area is 126 Å². The summed E-state index contributed by atoms with van der Waals surface area (Å²) >= 11 is 0. The molecule has 1 heterocycles. The molecule has 0 fully saturated rings. The van der Waals surface area contributed by atoms with Crippen molar-refractivity contribution in [3.63, 3.8) is 0 Å². The summed E-state index contributed by atoms with van der Waals surface area (Å²) in [5.74, 6) is 0.858. The summed E-state index contributed by atoms with van der Waals surface area (Å²) in [6.07, 6.45) is 2.74. The highest BCUT2D eigenvalue weighted by molar-refractivity contribution is 5.37. The van der Waals surface area contributed by atoms with Crippen LogP contribution in [0, 0.1) is 0 Å². The number of pyridine rings is 1. The number of nitrogens with zero attached hydrogens (tertiary/aromatic N) is 2. The van der Waals surface area contributed by atoms with Gasteiger partial charge in [-0.2, -0.15) is 0 Å². The Morgan fingerprint density at radius 3 is 2.76 bits per heavy atom. The number of benzene rings is 1. The zero-order valence-electron chi connectivity index (χ0n) is 12.6. The fourth-order valence-electron chi connectivity index (χ4n) is 2.28. The monoisotopic (exact) mass is 286 g/mol. The first-order chi connectivity index (χ1) is 10.2. The Balaban J connectivity index is 1.97. The Bertz CT molecular complexity index is 558. The van der Waals surface area contributed by atoms with E-state index in [0.29, 0.717) is 0 Å². The minimum absolute atomic E-state index is 0.0502. The van der Waals surface area contributed by atoms with Crippen molar-refractivity contribution < 1.29 is 9.84 Å². The molecule has 1 aromatic carbocycles. The van der Waals surface area contributed by atoms with Crippen LogP contribution < -0.4 is 4.74 Å². The molecule has 0 saturated carbocycles. The predicted molar refractivity (Wildman–Crippen MR) is 83.2 cm³/mol. The van der Waals surface area contributed by atoms with E-state index in [9.17, 15) is 5.11 Å². The lowest BCUT2D eigenvalue weighted by Crippen LogP contribution is -2.21. The largest absolute Gasteiger partial charge is 0.496 e. The van der Waals surface area contributed by atoms with Crippen molar-refractivity contribution in [1.82, 2.24) is 9.88 Å². The van der Waals surface area contributed by atoms with Crippen LogP contribution in [0.5, 0.6) is 5.75 Å². The van der Waals surface area contributed by atoms with Gasteiger partial charge in [-0.15, -0.1) is 0 Å². The normalized spacial score (nSPS) is 10.9. The van der Waals surface area contributed by atoms with Crippen molar-refractivity contribution in [3.8, 4) is 5.75 Å². The molecular formula is C17H22N2O2. The molecule has 0 aliphatic heterocycles. The molecule has 0 unspecified atom stereocenters. The highest BCUT2D eigenvalue weighted by Crippen LogP contribution is 2.21. The number of likely N-dealkylation sites (N-methyl/N-ethyl adjacent to an activating group) is 1. The Hall–Kier alpha value is -1.91. The number of aliphatic hydroxyl groups excluding tert-OH is 1. The second-order valence-electron chi connectivity index (χ2n) is 5.11. The number of hydrogen-bond acceptors (Lipinski definition) is 4. The Kier molecular flexibility index (Phi) is 5.72. The van der Waals surface area contributed by atoms with E-state index in [1.807, 2.05) is 42.6 Å². The molecule has 2 aromatic rings. The van der Waals surface area contributed by atoms with Crippen LogP contribution in [-0.4, -0.2) is 35.7 Å². The van der Waals surface area contributed by atoms with E-state index >= 15 is 0 Å². The van der Waals surface area contributed by atoms with E-state index in [4.69, 9.17) is 4.74 Å². The van der Waals surface area contributed by atoms with Crippen LogP contribution in [0.1, 0.15) is 16.8 Å². The van der Waals surface area contributed by atoms with Crippen molar-refractivity contribution in [2.75, 3.05) is 20.7 Å². The molecule has 2 rings (SSSR count). The average molecular weight is 286 g/mol. The molecule has 4 heteroatoms. The number of methoxy groups -OCH3 is 1. The smallest absolute Gasteiger partial charge is 0.123 e. The van der Waals surface area contributed by atoms with Gasteiger partial charge in [0.25, 0.3) is 0 Å². The maximum Gasteiger partial charge on any atom is 0.123 e. The predicted octanol–water partition coefficient (Wildman–Crippen LogP) is 2.26. The van der Waals surface area contributed by atoms with Gasteiger partial charge in [0, 0.05) is 37.0 Å². The summed E-state index contributed by atoms with van der Waals surface area (Å²) in [7, 11) is 3.75. The molecule has 0 aliphatic rings. The van der Waals surface area contributed by atoms with Gasteiger partial charge in [0.2, 0.25) is 0 Å². The molecule has 0 atom stereocenters. The van der Waals surface area contributed by atoms with Crippen molar-refractivity contribution in [2.45, 2.75) is 19.6 Å². The quantitative estimate of drug-likeness (QED) is 0.848. The maximum absolute atomic E-state index is 9.25. The second kappa shape index (κ2) is 7.76. The van der Waals surface area contributed by atoms with Crippen LogP contribution in [0.4, 0.5) is 0 Å². The summed E-state index contributed by atoms with van der Waals surface area (Å²) in [5, 5.41) is 9.25. The minimum Gasteiger partial charge on any atom is -0.496 e. The fourth-order valence-corrected chi connectivity index (χ4v) is 2.28. The highest BCUT2D eigenvalue weighted by Gasteiger charge is 2.08. The maximum atomic E-state index is 9.25. The van der Waals surface area contributed by atoms with Crippen LogP contribution >= 0.6 is 0 Å². The van der Waals surface area contributed by atoms with Gasteiger partial charge >= 0.3 is 0 Å². The molecule has 21 heavy (non-hydrogen) atoms. The summed E-state index contributed by atoms with van der Waals surface area (Å²) in [6.45, 7) is 1.75. The first kappa shape index (κ1) is 15.5. The molecule has 0 radical (unpaired) electrons. The summed E-state index contributed by atoms with van der Waals surface area (Å²) in [6, 6.07) is 11.8. The second-order valence-corrected chi connectivity index (χ2v) is 5.11. The van der Waals surface area contributed by atoms with Crippen LogP contribution in [-0.2, 0) is 19.6 Å². The third kappa shape index (κ3) is 4.55. The number of aromatic nitrogens is 1. The van der Waals surface area contributed by atoms with Gasteiger partial charge in [0.1, 0.15) is 5.75 Å². The van der Waals surface area contributed by atoms with Crippen LogP contribution in [0.2, 0.25) is 0 Å². The van der Waals surface area contributed by atoms with E-state index in [-0.39, 0.29) is 6.61 Å². The molecule has 0 spiro atoms. The fraction of sp³-hybridized carbons (Fsp3) is 0.353. The molecule has 0 amide bonds. The van der Waals surface area contributed by atoms with Gasteiger partial charge < -0.3 is 14.7 Å². The van der Waals surface area contributed by atoms with Gasteiger partial charge in [-0.25, -0.2) is 0 Å². The van der Waals surface area contributed by atoms with Crippen molar-refractivity contribution in [2.24, 2.45) is 0 Å². The van der Waals surface area contributed by atoms with Crippen molar-refractivity contribution >= 4 is 0 Å². The SMILES string of the molecule is COc1ccc(CO)cc1CN(C)CCc1ccccn1. The van der Waals surface area contributed by atoms with Gasteiger partial charge in [-0.05, 0) is 36.9 Å². The highest BCUT2D eigenvalue weighted by atomic mass is 16.5. The molecule has 112 valence electrons. The lowest BCUT2D eigenvalue weighted by atomic mass is 10.1. The lowest BCUT2D eigenvalue weighted by Gasteiger charge is -2.18. The van der Waals surface area contributed by atoms with Gasteiger partial charge in [-0.1, -0.05) is 12.1 Å². The van der Waals surface area contributed by atoms with E-state index in [0.717, 1.165) is 42.1 Å².